The van der Waals surface area contributed by atoms with Crippen LogP contribution >= 0.6 is 0 Å². The molecule has 1 aromatic rings. The quantitative estimate of drug-likeness (QED) is 0.658. The fourth-order valence-electron chi connectivity index (χ4n) is 1.89. The predicted octanol–water partition coefficient (Wildman–Crippen LogP) is 4.01. The van der Waals surface area contributed by atoms with Crippen molar-refractivity contribution in [3.63, 3.8) is 0 Å². The lowest BCUT2D eigenvalue weighted by Crippen LogP contribution is -1.87. The van der Waals surface area contributed by atoms with Gasteiger partial charge in [0.1, 0.15) is 11.4 Å². The minimum absolute atomic E-state index is 0.331. The second kappa shape index (κ2) is 3.84. The van der Waals surface area contributed by atoms with E-state index in [0.29, 0.717) is 11.8 Å². The van der Waals surface area contributed by atoms with E-state index < -0.39 is 0 Å². The SMILES string of the molecule is CC1C=Cc2oc3c(c2N=C1)N=C[C@@H](C)C=C3. The zero-order valence-corrected chi connectivity index (χ0v) is 9.92. The van der Waals surface area contributed by atoms with Crippen molar-refractivity contribution >= 4 is 36.0 Å². The molecule has 0 radical (unpaired) electrons. The van der Waals surface area contributed by atoms with Gasteiger partial charge in [0.25, 0.3) is 0 Å². The molecule has 0 aliphatic carbocycles. The summed E-state index contributed by atoms with van der Waals surface area (Å²) < 4.78 is 5.78. The number of allylic oxidation sites excluding steroid dienone is 2. The van der Waals surface area contributed by atoms with Crippen LogP contribution in [0.25, 0.3) is 12.2 Å². The van der Waals surface area contributed by atoms with Crippen LogP contribution in [0.3, 0.4) is 0 Å². The van der Waals surface area contributed by atoms with E-state index in [1.54, 1.807) is 0 Å². The lowest BCUT2D eigenvalue weighted by Gasteiger charge is -1.94. The predicted molar refractivity (Wildman–Crippen MR) is 71.4 cm³/mol. The molecule has 0 amide bonds. The van der Waals surface area contributed by atoms with Gasteiger partial charge in [-0.05, 0) is 12.2 Å². The molecule has 0 fully saturated rings. The second-order valence-corrected chi connectivity index (χ2v) is 4.52. The first-order valence-corrected chi connectivity index (χ1v) is 5.85. The number of aliphatic imine (C=N–C) groups is 2. The lowest BCUT2D eigenvalue weighted by molar-refractivity contribution is 0.548. The van der Waals surface area contributed by atoms with Crippen LogP contribution in [0.1, 0.15) is 25.4 Å². The molecule has 3 heterocycles. The summed E-state index contributed by atoms with van der Waals surface area (Å²) in [7, 11) is 0. The first-order chi connectivity index (χ1) is 8.24. The topological polar surface area (TPSA) is 37.9 Å². The normalized spacial score (nSPS) is 25.3. The summed E-state index contributed by atoms with van der Waals surface area (Å²) >= 11 is 0. The molecule has 86 valence electrons. The molecular formula is C14H14N2O. The third-order valence-corrected chi connectivity index (χ3v) is 2.89. The number of rotatable bonds is 0. The fourth-order valence-corrected chi connectivity index (χ4v) is 1.89. The van der Waals surface area contributed by atoms with Crippen LogP contribution in [0.2, 0.25) is 0 Å². The number of nitrogens with zero attached hydrogens (tertiary/aromatic N) is 2. The van der Waals surface area contributed by atoms with Gasteiger partial charge in [0.15, 0.2) is 11.5 Å². The van der Waals surface area contributed by atoms with Crippen molar-refractivity contribution in [2.75, 3.05) is 0 Å². The molecule has 2 aliphatic rings. The Kier molecular flexibility index (Phi) is 2.32. The molecule has 3 rings (SSSR count). The van der Waals surface area contributed by atoms with E-state index in [2.05, 4.69) is 36.0 Å². The van der Waals surface area contributed by atoms with Crippen molar-refractivity contribution in [1.82, 2.24) is 0 Å². The maximum atomic E-state index is 5.78. The van der Waals surface area contributed by atoms with Crippen molar-refractivity contribution in [2.24, 2.45) is 21.8 Å². The molecule has 2 aliphatic heterocycles. The van der Waals surface area contributed by atoms with Gasteiger partial charge in [-0.25, -0.2) is 0 Å². The van der Waals surface area contributed by atoms with Crippen LogP contribution in [-0.4, -0.2) is 12.4 Å². The van der Waals surface area contributed by atoms with Crippen LogP contribution in [-0.2, 0) is 0 Å². The van der Waals surface area contributed by atoms with Crippen molar-refractivity contribution in [2.45, 2.75) is 13.8 Å². The first-order valence-electron chi connectivity index (χ1n) is 5.85. The van der Waals surface area contributed by atoms with Crippen LogP contribution < -0.4 is 0 Å². The standard InChI is InChI=1S/C14H14N2O/c1-9-3-5-11-13(15-7-9)14-12(17-11)6-4-10(2)8-16-14/h3-10H,1-2H3/t9-,10?/m0/s1. The number of hydrogen-bond acceptors (Lipinski definition) is 3. The maximum absolute atomic E-state index is 5.78. The Morgan fingerprint density at radius 3 is 1.82 bits per heavy atom. The Hall–Kier alpha value is -1.90. The van der Waals surface area contributed by atoms with Crippen LogP contribution in [0.4, 0.5) is 11.4 Å². The van der Waals surface area contributed by atoms with E-state index in [1.807, 2.05) is 24.6 Å². The molecule has 1 unspecified atom stereocenters. The third kappa shape index (κ3) is 1.78. The first kappa shape index (κ1) is 10.3. The Morgan fingerprint density at radius 2 is 1.35 bits per heavy atom. The molecular weight excluding hydrogens is 212 g/mol. The van der Waals surface area contributed by atoms with E-state index in [-0.39, 0.29) is 0 Å². The summed E-state index contributed by atoms with van der Waals surface area (Å²) in [5.41, 5.74) is 1.69. The molecule has 3 heteroatoms. The second-order valence-electron chi connectivity index (χ2n) is 4.52. The average Bonchev–Trinajstić information content (AvgIpc) is 2.44. The van der Waals surface area contributed by atoms with Gasteiger partial charge in [-0.15, -0.1) is 0 Å². The third-order valence-electron chi connectivity index (χ3n) is 2.89. The van der Waals surface area contributed by atoms with Crippen molar-refractivity contribution in [3.05, 3.63) is 23.7 Å². The van der Waals surface area contributed by atoms with Crippen molar-refractivity contribution < 1.29 is 4.42 Å². The highest BCUT2D eigenvalue weighted by Gasteiger charge is 2.19. The Labute approximate surface area is 100 Å². The van der Waals surface area contributed by atoms with Crippen molar-refractivity contribution in [3.8, 4) is 0 Å². The molecule has 1 aromatic heterocycles. The monoisotopic (exact) mass is 226 g/mol. The molecule has 3 nitrogen and oxygen atoms in total. The molecule has 0 saturated heterocycles. The minimum atomic E-state index is 0.331. The van der Waals surface area contributed by atoms with E-state index in [4.69, 9.17) is 4.42 Å². The number of hydrogen-bond donors (Lipinski definition) is 0. The van der Waals surface area contributed by atoms with E-state index in [9.17, 15) is 0 Å². The van der Waals surface area contributed by atoms with Gasteiger partial charge in [0.2, 0.25) is 0 Å². The molecule has 0 aromatic carbocycles. The molecule has 17 heavy (non-hydrogen) atoms. The van der Waals surface area contributed by atoms with Gasteiger partial charge in [-0.2, -0.15) is 0 Å². The van der Waals surface area contributed by atoms with Gasteiger partial charge < -0.3 is 4.42 Å². The van der Waals surface area contributed by atoms with Gasteiger partial charge in [-0.1, -0.05) is 26.0 Å². The molecule has 2 atom stereocenters. The van der Waals surface area contributed by atoms with Gasteiger partial charge >= 0.3 is 0 Å². The Bertz CT molecular complexity index is 513. The number of fused-ring (bicyclic) bond motifs is 3. The average molecular weight is 226 g/mol. The zero-order valence-electron chi connectivity index (χ0n) is 9.92. The fraction of sp³-hybridized carbons (Fsp3) is 0.286. The molecule has 0 saturated carbocycles. The van der Waals surface area contributed by atoms with Crippen LogP contribution in [0.15, 0.2) is 26.6 Å². The van der Waals surface area contributed by atoms with Crippen LogP contribution in [0, 0.1) is 11.8 Å². The minimum Gasteiger partial charge on any atom is -0.453 e. The van der Waals surface area contributed by atoms with E-state index >= 15 is 0 Å². The summed E-state index contributed by atoms with van der Waals surface area (Å²) in [5.74, 6) is 2.26. The highest BCUT2D eigenvalue weighted by Crippen LogP contribution is 2.41. The zero-order chi connectivity index (χ0) is 11.8. The molecule has 0 spiro atoms. The summed E-state index contributed by atoms with van der Waals surface area (Å²) in [6, 6.07) is 0. The summed E-state index contributed by atoms with van der Waals surface area (Å²) in [5, 5.41) is 0. The maximum Gasteiger partial charge on any atom is 0.155 e. The number of furan rings is 1. The smallest absolute Gasteiger partial charge is 0.155 e. The molecule has 0 bridgehead atoms. The van der Waals surface area contributed by atoms with Crippen LogP contribution in [0.5, 0.6) is 0 Å². The highest BCUT2D eigenvalue weighted by molar-refractivity contribution is 5.88. The summed E-state index contributed by atoms with van der Waals surface area (Å²) in [6.07, 6.45) is 12.0. The van der Waals surface area contributed by atoms with Gasteiger partial charge in [0, 0.05) is 24.3 Å². The summed E-state index contributed by atoms with van der Waals surface area (Å²) in [4.78, 5) is 8.96. The molecule has 0 N–H and O–H groups in total. The lowest BCUT2D eigenvalue weighted by atomic mass is 10.2. The summed E-state index contributed by atoms with van der Waals surface area (Å²) in [6.45, 7) is 4.19. The van der Waals surface area contributed by atoms with Gasteiger partial charge in [-0.3, -0.25) is 9.98 Å². The Balaban J connectivity index is 2.17. The largest absolute Gasteiger partial charge is 0.453 e. The van der Waals surface area contributed by atoms with Crippen molar-refractivity contribution in [1.29, 1.82) is 0 Å². The highest BCUT2D eigenvalue weighted by atomic mass is 16.3. The van der Waals surface area contributed by atoms with E-state index in [0.717, 1.165) is 22.9 Å². The van der Waals surface area contributed by atoms with E-state index in [1.165, 1.54) is 0 Å². The van der Waals surface area contributed by atoms with Gasteiger partial charge in [0.05, 0.1) is 0 Å². The Morgan fingerprint density at radius 1 is 0.882 bits per heavy atom.